The van der Waals surface area contributed by atoms with Gasteiger partial charge in [0.05, 0.1) is 17.3 Å². The van der Waals surface area contributed by atoms with Gasteiger partial charge in [-0.25, -0.2) is 9.59 Å². The summed E-state index contributed by atoms with van der Waals surface area (Å²) in [5.41, 5.74) is 4.67. The van der Waals surface area contributed by atoms with Gasteiger partial charge in [-0.2, -0.15) is 0 Å². The van der Waals surface area contributed by atoms with Crippen molar-refractivity contribution in [3.63, 3.8) is 0 Å². The topological polar surface area (TPSA) is 84.3 Å². The molecule has 1 fully saturated rings. The quantitative estimate of drug-likeness (QED) is 0.290. The number of amides is 2. The lowest BCUT2D eigenvalue weighted by Crippen LogP contribution is -2.62. The van der Waals surface area contributed by atoms with Crippen molar-refractivity contribution < 1.29 is 19.8 Å². The monoisotopic (exact) mass is 579 g/mol. The summed E-state index contributed by atoms with van der Waals surface area (Å²) in [6.45, 7) is 0.344. The van der Waals surface area contributed by atoms with Gasteiger partial charge in [0.1, 0.15) is 12.3 Å². The van der Waals surface area contributed by atoms with Gasteiger partial charge in [-0.15, -0.1) is 0 Å². The highest BCUT2D eigenvalue weighted by Gasteiger charge is 2.42. The van der Waals surface area contributed by atoms with Crippen LogP contribution in [-0.2, 0) is 4.79 Å². The van der Waals surface area contributed by atoms with Crippen LogP contribution < -0.4 is 4.90 Å². The zero-order valence-electron chi connectivity index (χ0n) is 22.8. The number of carbonyl (C=O) groups excluding carboxylic acids is 1. The van der Waals surface area contributed by atoms with Crippen LogP contribution in [0.4, 0.5) is 16.2 Å². The van der Waals surface area contributed by atoms with Crippen LogP contribution in [0.1, 0.15) is 28.2 Å². The second kappa shape index (κ2) is 11.8. The van der Waals surface area contributed by atoms with E-state index in [-0.39, 0.29) is 19.6 Å². The fourth-order valence-electron chi connectivity index (χ4n) is 5.90. The fourth-order valence-corrected chi connectivity index (χ4v) is 6.16. The minimum absolute atomic E-state index is 0.0502. The van der Waals surface area contributed by atoms with E-state index in [0.29, 0.717) is 16.4 Å². The Labute approximate surface area is 249 Å². The molecule has 7 nitrogen and oxygen atoms in total. The number of hydrogen-bond acceptors (Lipinski definition) is 4. The van der Waals surface area contributed by atoms with Gasteiger partial charge in [-0.1, -0.05) is 109 Å². The van der Waals surface area contributed by atoms with Crippen molar-refractivity contribution in [2.24, 2.45) is 0 Å². The maximum Gasteiger partial charge on any atom is 0.329 e. The van der Waals surface area contributed by atoms with E-state index in [4.69, 9.17) is 11.6 Å². The third-order valence-corrected chi connectivity index (χ3v) is 8.35. The molecule has 4 aromatic rings. The molecule has 0 bridgehead atoms. The molecule has 1 saturated heterocycles. The van der Waals surface area contributed by atoms with Gasteiger partial charge in [-0.3, -0.25) is 9.80 Å². The van der Waals surface area contributed by atoms with Crippen molar-refractivity contribution in [3.8, 4) is 0 Å². The van der Waals surface area contributed by atoms with Crippen molar-refractivity contribution in [2.75, 3.05) is 24.5 Å². The molecule has 2 aliphatic rings. The maximum atomic E-state index is 14.3. The Bertz CT molecular complexity index is 1590. The third-order valence-electron chi connectivity index (χ3n) is 8.00. The van der Waals surface area contributed by atoms with E-state index in [1.807, 2.05) is 109 Å². The highest BCUT2D eigenvalue weighted by Crippen LogP contribution is 2.38. The number of halogens is 1. The van der Waals surface area contributed by atoms with Gasteiger partial charge in [0.2, 0.25) is 0 Å². The van der Waals surface area contributed by atoms with E-state index in [9.17, 15) is 19.8 Å². The molecule has 8 heteroatoms. The average Bonchev–Trinajstić information content (AvgIpc) is 3.19. The molecule has 0 spiro atoms. The predicted octanol–water partition coefficient (Wildman–Crippen LogP) is 6.30. The van der Waals surface area contributed by atoms with E-state index in [1.165, 1.54) is 4.90 Å². The number of piperazine rings is 1. The molecule has 3 atom stereocenters. The number of carbonyl (C=O) groups is 2. The summed E-state index contributed by atoms with van der Waals surface area (Å²) in [7, 11) is 0. The van der Waals surface area contributed by atoms with Crippen LogP contribution in [0.2, 0.25) is 5.02 Å². The fraction of sp³-hybridized carbons (Fsp3) is 0.176. The number of urea groups is 1. The van der Waals surface area contributed by atoms with E-state index in [0.717, 1.165) is 22.3 Å². The second-order valence-corrected chi connectivity index (χ2v) is 10.8. The van der Waals surface area contributed by atoms with Crippen LogP contribution in [0.15, 0.2) is 103 Å². The molecule has 212 valence electrons. The number of carboxylic acids is 1. The number of aliphatic hydroxyl groups is 1. The summed E-state index contributed by atoms with van der Waals surface area (Å²) in [4.78, 5) is 31.7. The molecule has 6 rings (SSSR count). The van der Waals surface area contributed by atoms with Crippen LogP contribution in [0.5, 0.6) is 0 Å². The second-order valence-electron chi connectivity index (χ2n) is 10.4. The maximum absolute atomic E-state index is 14.3. The minimum Gasteiger partial charge on any atom is -0.480 e. The summed E-state index contributed by atoms with van der Waals surface area (Å²) in [5, 5.41) is 22.7. The molecular formula is C34H30ClN3O4. The Kier molecular flexibility index (Phi) is 7.80. The molecule has 2 amide bonds. The van der Waals surface area contributed by atoms with E-state index >= 15 is 0 Å². The first-order valence-corrected chi connectivity index (χ1v) is 14.2. The van der Waals surface area contributed by atoms with Gasteiger partial charge in [0.25, 0.3) is 0 Å². The summed E-state index contributed by atoms with van der Waals surface area (Å²) in [6.07, 6.45) is 2.85. The molecule has 2 aliphatic heterocycles. The number of hydrogen-bond donors (Lipinski definition) is 2. The van der Waals surface area contributed by atoms with Crippen LogP contribution >= 0.6 is 11.6 Å². The van der Waals surface area contributed by atoms with Crippen LogP contribution in [0.25, 0.3) is 12.2 Å². The number of fused-ring (bicyclic) bond motifs is 2. The Morgan fingerprint density at radius 1 is 0.762 bits per heavy atom. The Morgan fingerprint density at radius 3 is 1.95 bits per heavy atom. The largest absolute Gasteiger partial charge is 0.480 e. The van der Waals surface area contributed by atoms with Crippen LogP contribution in [0.3, 0.4) is 0 Å². The van der Waals surface area contributed by atoms with Gasteiger partial charge in [0.15, 0.2) is 0 Å². The number of para-hydroxylation sites is 2. The molecule has 42 heavy (non-hydrogen) atoms. The molecule has 0 aromatic heterocycles. The number of aliphatic carboxylic acids is 1. The van der Waals surface area contributed by atoms with Gasteiger partial charge < -0.3 is 15.1 Å². The predicted molar refractivity (Wildman–Crippen MR) is 165 cm³/mol. The van der Waals surface area contributed by atoms with Crippen LogP contribution in [-0.4, -0.2) is 63.9 Å². The average molecular weight is 580 g/mol. The molecule has 2 N–H and O–H groups in total. The zero-order valence-corrected chi connectivity index (χ0v) is 23.5. The van der Waals surface area contributed by atoms with E-state index in [2.05, 4.69) is 0 Å². The van der Waals surface area contributed by atoms with E-state index in [1.54, 1.807) is 15.9 Å². The highest BCUT2D eigenvalue weighted by molar-refractivity contribution is 6.31. The molecular weight excluding hydrogens is 550 g/mol. The summed E-state index contributed by atoms with van der Waals surface area (Å²) < 4.78 is 0. The SMILES string of the molecule is O=C(O)[C@@H]1CN(C(O)C(c2ccccc2)c2ccccc2Cl)CCN1C(=O)N1c2ccccc2C=Cc2ccccc21. The summed E-state index contributed by atoms with van der Waals surface area (Å²) >= 11 is 6.59. The van der Waals surface area contributed by atoms with E-state index < -0.39 is 30.2 Å². The number of carboxylic acid groups (broad SMARTS) is 1. The number of anilines is 2. The van der Waals surface area contributed by atoms with Crippen LogP contribution in [0, 0.1) is 0 Å². The first-order chi connectivity index (χ1) is 20.4. The molecule has 0 saturated carbocycles. The van der Waals surface area contributed by atoms with Crippen molar-refractivity contribution in [2.45, 2.75) is 18.2 Å². The smallest absolute Gasteiger partial charge is 0.329 e. The number of nitrogens with zero attached hydrogens (tertiary/aromatic N) is 3. The standard InChI is InChI=1S/C34H30ClN3O4/c35-27-15-7-6-14-26(27)31(25-12-2-1-3-13-25)32(39)36-20-21-37(30(22-36)33(40)41)34(42)38-28-16-8-4-10-23(28)18-19-24-11-5-9-17-29(24)38/h1-19,30-32,39H,20-22H2,(H,40,41)/t30-,31?,32?/m0/s1. The van der Waals surface area contributed by atoms with Gasteiger partial charge in [-0.05, 0) is 40.5 Å². The first kappa shape index (κ1) is 27.7. The molecule has 0 radical (unpaired) electrons. The lowest BCUT2D eigenvalue weighted by molar-refractivity contribution is -0.146. The highest BCUT2D eigenvalue weighted by atomic mass is 35.5. The molecule has 2 unspecified atom stereocenters. The first-order valence-electron chi connectivity index (χ1n) is 13.8. The molecule has 4 aromatic carbocycles. The zero-order chi connectivity index (χ0) is 29.2. The summed E-state index contributed by atoms with van der Waals surface area (Å²) in [5.74, 6) is -1.66. The van der Waals surface area contributed by atoms with Crippen molar-refractivity contribution in [1.29, 1.82) is 0 Å². The minimum atomic E-state index is -1.18. The lowest BCUT2D eigenvalue weighted by Gasteiger charge is -2.44. The van der Waals surface area contributed by atoms with Crippen molar-refractivity contribution in [1.82, 2.24) is 9.80 Å². The third kappa shape index (κ3) is 5.18. The Morgan fingerprint density at radius 2 is 1.33 bits per heavy atom. The molecule has 2 heterocycles. The Balaban J connectivity index is 1.33. The van der Waals surface area contributed by atoms with Crippen molar-refractivity contribution in [3.05, 3.63) is 130 Å². The number of aliphatic hydroxyl groups excluding tert-OH is 1. The number of benzene rings is 4. The van der Waals surface area contributed by atoms with Gasteiger partial charge in [0, 0.05) is 24.7 Å². The lowest BCUT2D eigenvalue weighted by atomic mass is 9.88. The normalized spacial score (nSPS) is 18.0. The van der Waals surface area contributed by atoms with Crippen molar-refractivity contribution >= 4 is 47.1 Å². The summed E-state index contributed by atoms with van der Waals surface area (Å²) in [6, 6.07) is 30.4. The van der Waals surface area contributed by atoms with Gasteiger partial charge >= 0.3 is 12.0 Å². The Hall–Kier alpha value is -4.43. The number of rotatable bonds is 5. The molecule has 0 aliphatic carbocycles.